The number of aldehydes is 1. The van der Waals surface area contributed by atoms with E-state index in [4.69, 9.17) is 0 Å². The topological polar surface area (TPSA) is 17.1 Å². The Hall–Kier alpha value is -2.03. The van der Waals surface area contributed by atoms with Crippen molar-refractivity contribution in [2.75, 3.05) is 0 Å². The summed E-state index contributed by atoms with van der Waals surface area (Å²) in [5, 5.41) is 0. The van der Waals surface area contributed by atoms with E-state index in [0.717, 1.165) is 56.3 Å². The fourth-order valence-corrected chi connectivity index (χ4v) is 5.98. The maximum atomic E-state index is 13.3. The zero-order valence-electron chi connectivity index (χ0n) is 25.8. The second-order valence-electron chi connectivity index (χ2n) is 12.7. The summed E-state index contributed by atoms with van der Waals surface area (Å²) in [4.78, 5) is 10.4. The Morgan fingerprint density at radius 2 is 1.35 bits per heavy atom. The van der Waals surface area contributed by atoms with Crippen molar-refractivity contribution in [2.24, 2.45) is 23.7 Å². The molecule has 40 heavy (non-hydrogen) atoms. The predicted molar refractivity (Wildman–Crippen MR) is 167 cm³/mol. The summed E-state index contributed by atoms with van der Waals surface area (Å²) in [7, 11) is 0. The number of fused-ring (bicyclic) bond motifs is 1. The van der Waals surface area contributed by atoms with Crippen molar-refractivity contribution in [1.82, 2.24) is 0 Å². The van der Waals surface area contributed by atoms with Crippen LogP contribution in [0, 0.1) is 23.7 Å². The zero-order chi connectivity index (χ0) is 29.2. The van der Waals surface area contributed by atoms with Gasteiger partial charge in [-0.2, -0.15) is 0 Å². The fourth-order valence-electron chi connectivity index (χ4n) is 5.98. The SMILES string of the molecule is C1CCC2CC2C1.CC1CCC(C)CC1.CCCC(CCCC=O)c1cccc(C(C)(F)F)c1.c1ccccc1. The number of carbonyl (C=O) groups excluding carboxylic acids is 1. The third-order valence-electron chi connectivity index (χ3n) is 8.82. The minimum atomic E-state index is -2.80. The van der Waals surface area contributed by atoms with Crippen LogP contribution < -0.4 is 0 Å². The average Bonchev–Trinajstić information content (AvgIpc) is 3.76. The Bertz CT molecular complexity index is 851. The van der Waals surface area contributed by atoms with Crippen LogP contribution in [0.15, 0.2) is 60.7 Å². The van der Waals surface area contributed by atoms with Crippen molar-refractivity contribution in [2.45, 2.75) is 129 Å². The van der Waals surface area contributed by atoms with Crippen LogP contribution >= 0.6 is 0 Å². The van der Waals surface area contributed by atoms with Crippen LogP contribution in [-0.4, -0.2) is 6.29 Å². The van der Waals surface area contributed by atoms with Gasteiger partial charge in [-0.3, -0.25) is 0 Å². The van der Waals surface area contributed by atoms with Crippen LogP contribution in [0.2, 0.25) is 0 Å². The lowest BCUT2D eigenvalue weighted by Gasteiger charge is -2.22. The number of hydrogen-bond acceptors (Lipinski definition) is 1. The molecule has 3 heteroatoms. The molecule has 0 aromatic heterocycles. The summed E-state index contributed by atoms with van der Waals surface area (Å²) >= 11 is 0. The van der Waals surface area contributed by atoms with Crippen LogP contribution in [0.25, 0.3) is 0 Å². The van der Waals surface area contributed by atoms with Gasteiger partial charge < -0.3 is 4.79 Å². The van der Waals surface area contributed by atoms with Crippen LogP contribution in [0.4, 0.5) is 8.78 Å². The Balaban J connectivity index is 0.000000215. The Morgan fingerprint density at radius 3 is 1.77 bits per heavy atom. The molecule has 3 aliphatic rings. The molecule has 0 bridgehead atoms. The molecule has 2 aromatic rings. The van der Waals surface area contributed by atoms with Crippen molar-refractivity contribution in [1.29, 1.82) is 0 Å². The van der Waals surface area contributed by atoms with Crippen molar-refractivity contribution >= 4 is 6.29 Å². The summed E-state index contributed by atoms with van der Waals surface area (Å²) < 4.78 is 26.7. The molecule has 3 fully saturated rings. The van der Waals surface area contributed by atoms with Crippen LogP contribution in [-0.2, 0) is 10.7 Å². The van der Waals surface area contributed by atoms with E-state index in [1.54, 1.807) is 31.4 Å². The number of hydrogen-bond donors (Lipinski definition) is 0. The highest BCUT2D eigenvalue weighted by atomic mass is 19.3. The monoisotopic (exact) mass is 554 g/mol. The van der Waals surface area contributed by atoms with Crippen molar-refractivity contribution in [3.05, 3.63) is 71.8 Å². The molecule has 3 unspecified atom stereocenters. The normalized spacial score (nSPS) is 23.9. The van der Waals surface area contributed by atoms with E-state index in [2.05, 4.69) is 20.8 Å². The first-order valence-corrected chi connectivity index (χ1v) is 16.2. The molecule has 224 valence electrons. The molecular weight excluding hydrogens is 498 g/mol. The van der Waals surface area contributed by atoms with E-state index < -0.39 is 5.92 Å². The van der Waals surface area contributed by atoms with E-state index in [0.29, 0.717) is 6.42 Å². The summed E-state index contributed by atoms with van der Waals surface area (Å²) in [6.45, 7) is 7.75. The van der Waals surface area contributed by atoms with Gasteiger partial charge >= 0.3 is 0 Å². The highest BCUT2D eigenvalue weighted by molar-refractivity contribution is 5.49. The van der Waals surface area contributed by atoms with E-state index in [1.165, 1.54) is 56.4 Å². The molecule has 0 heterocycles. The Kier molecular flexibility index (Phi) is 16.4. The molecule has 3 atom stereocenters. The fraction of sp³-hybridized carbons (Fsp3) is 0.649. The van der Waals surface area contributed by atoms with Gasteiger partial charge in [-0.05, 0) is 66.9 Å². The van der Waals surface area contributed by atoms with Gasteiger partial charge in [-0.25, -0.2) is 8.78 Å². The number of benzene rings is 2. The molecule has 1 nitrogen and oxygen atoms in total. The van der Waals surface area contributed by atoms with Gasteiger partial charge in [0.15, 0.2) is 0 Å². The molecule has 3 aliphatic carbocycles. The average molecular weight is 555 g/mol. The van der Waals surface area contributed by atoms with E-state index in [9.17, 15) is 13.6 Å². The molecule has 5 rings (SSSR count). The number of carbonyl (C=O) groups is 1. The predicted octanol–water partition coefficient (Wildman–Crippen LogP) is 11.8. The smallest absolute Gasteiger partial charge is 0.270 e. The summed E-state index contributed by atoms with van der Waals surface area (Å²) in [6.07, 6.45) is 18.8. The van der Waals surface area contributed by atoms with E-state index in [1.807, 2.05) is 42.5 Å². The van der Waals surface area contributed by atoms with Crippen LogP contribution in [0.3, 0.4) is 0 Å². The maximum absolute atomic E-state index is 13.3. The number of rotatable bonds is 8. The summed E-state index contributed by atoms with van der Waals surface area (Å²) in [5.74, 6) is 1.92. The van der Waals surface area contributed by atoms with Gasteiger partial charge in [0.25, 0.3) is 5.92 Å². The van der Waals surface area contributed by atoms with Gasteiger partial charge in [0.1, 0.15) is 6.29 Å². The van der Waals surface area contributed by atoms with Crippen LogP contribution in [0.1, 0.15) is 135 Å². The molecule has 0 aliphatic heterocycles. The molecule has 0 saturated heterocycles. The number of alkyl halides is 2. The Labute approximate surface area is 244 Å². The third-order valence-corrected chi connectivity index (χ3v) is 8.82. The van der Waals surface area contributed by atoms with Crippen LogP contribution in [0.5, 0.6) is 0 Å². The van der Waals surface area contributed by atoms with Gasteiger partial charge in [0.2, 0.25) is 0 Å². The largest absolute Gasteiger partial charge is 0.303 e. The first-order chi connectivity index (χ1) is 19.2. The minimum absolute atomic E-state index is 0.0708. The molecule has 3 saturated carbocycles. The van der Waals surface area contributed by atoms with Crippen molar-refractivity contribution in [3.63, 3.8) is 0 Å². The van der Waals surface area contributed by atoms with Gasteiger partial charge in [0, 0.05) is 18.9 Å². The van der Waals surface area contributed by atoms with Gasteiger partial charge in [-0.15, -0.1) is 0 Å². The van der Waals surface area contributed by atoms with Gasteiger partial charge in [0.05, 0.1) is 0 Å². The quantitative estimate of drug-likeness (QED) is 0.234. The van der Waals surface area contributed by atoms with E-state index in [-0.39, 0.29) is 11.5 Å². The molecule has 2 aromatic carbocycles. The van der Waals surface area contributed by atoms with Gasteiger partial charge in [-0.1, -0.05) is 133 Å². The Morgan fingerprint density at radius 1 is 0.825 bits per heavy atom. The van der Waals surface area contributed by atoms with Crippen molar-refractivity contribution in [3.8, 4) is 0 Å². The molecule has 0 N–H and O–H groups in total. The number of unbranched alkanes of at least 4 members (excludes halogenated alkanes) is 1. The third kappa shape index (κ3) is 14.6. The maximum Gasteiger partial charge on any atom is 0.270 e. The highest BCUT2D eigenvalue weighted by Gasteiger charge is 2.37. The molecule has 0 amide bonds. The standard InChI is InChI=1S/C16H22F2O.C8H16.C7H12.C6H6/c1-3-7-13(8-4-5-11-19)14-9-6-10-15(12-14)16(2,17)18;1-7-3-5-8(2)6-4-7;1-2-4-7-5-6(7)3-1;1-2-4-6-5-3-1/h6,9-13H,3-5,7-8H2,1-2H3;7-8H,3-6H2,1-2H3;6-7H,1-5H2;1-6H. The number of halogens is 2. The summed E-state index contributed by atoms with van der Waals surface area (Å²) in [5.41, 5.74) is 1.04. The lowest BCUT2D eigenvalue weighted by molar-refractivity contribution is -0.107. The first kappa shape index (κ1) is 34.2. The van der Waals surface area contributed by atoms with E-state index >= 15 is 0 Å². The van der Waals surface area contributed by atoms with Crippen molar-refractivity contribution < 1.29 is 13.6 Å². The highest BCUT2D eigenvalue weighted by Crippen LogP contribution is 2.49. The molecular formula is C37H56F2O. The second-order valence-corrected chi connectivity index (χ2v) is 12.7. The first-order valence-electron chi connectivity index (χ1n) is 16.2. The lowest BCUT2D eigenvalue weighted by atomic mass is 9.84. The summed E-state index contributed by atoms with van der Waals surface area (Å²) in [6, 6.07) is 18.7. The minimum Gasteiger partial charge on any atom is -0.303 e. The molecule has 0 spiro atoms. The second kappa shape index (κ2) is 19.2. The lowest BCUT2D eigenvalue weighted by Crippen LogP contribution is -2.08. The zero-order valence-corrected chi connectivity index (χ0v) is 25.8. The molecule has 0 radical (unpaired) electrons.